The van der Waals surface area contributed by atoms with Gasteiger partial charge >= 0.3 is 0 Å². The van der Waals surface area contributed by atoms with Crippen LogP contribution in [-0.2, 0) is 4.79 Å². The number of hydrogen-bond donors (Lipinski definition) is 1. The zero-order valence-electron chi connectivity index (χ0n) is 11.1. The molecule has 0 radical (unpaired) electrons. The zero-order valence-corrected chi connectivity index (χ0v) is 11.9. The molecule has 1 heterocycles. The van der Waals surface area contributed by atoms with Gasteiger partial charge < -0.3 is 5.32 Å². The summed E-state index contributed by atoms with van der Waals surface area (Å²) in [5.41, 5.74) is 1.46. The Bertz CT molecular complexity index is 756. The number of anilines is 1. The van der Waals surface area contributed by atoms with E-state index in [1.165, 1.54) is 6.07 Å². The fourth-order valence-corrected chi connectivity index (χ4v) is 2.54. The lowest BCUT2D eigenvalue weighted by Gasteiger charge is -2.08. The molecule has 2 aromatic carbocycles. The van der Waals surface area contributed by atoms with E-state index in [1.807, 2.05) is 0 Å². The molecule has 2 aromatic rings. The summed E-state index contributed by atoms with van der Waals surface area (Å²) in [6, 6.07) is 8.76. The Morgan fingerprint density at radius 2 is 1.90 bits per heavy atom. The van der Waals surface area contributed by atoms with Crippen molar-refractivity contribution in [1.82, 2.24) is 0 Å². The number of hydrogen-bond acceptors (Lipinski definition) is 2. The second-order valence-electron chi connectivity index (χ2n) is 4.96. The first kappa shape index (κ1) is 13.8. The van der Waals surface area contributed by atoms with Crippen molar-refractivity contribution in [2.75, 3.05) is 5.32 Å². The van der Waals surface area contributed by atoms with Crippen LogP contribution in [-0.4, -0.2) is 11.7 Å². The number of carbonyl (C=O) groups is 2. The fourth-order valence-electron chi connectivity index (χ4n) is 2.42. The number of ketones is 1. The average Bonchev–Trinajstić information content (AvgIpc) is 2.74. The van der Waals surface area contributed by atoms with Crippen LogP contribution in [0, 0.1) is 5.82 Å². The Labute approximate surface area is 125 Å². The summed E-state index contributed by atoms with van der Waals surface area (Å²) in [7, 11) is 0. The molecule has 1 unspecified atom stereocenters. The van der Waals surface area contributed by atoms with Crippen LogP contribution in [0.2, 0.25) is 5.02 Å². The van der Waals surface area contributed by atoms with Gasteiger partial charge in [-0.1, -0.05) is 11.6 Å². The third kappa shape index (κ3) is 2.32. The van der Waals surface area contributed by atoms with Crippen molar-refractivity contribution < 1.29 is 14.0 Å². The first-order chi connectivity index (χ1) is 9.97. The van der Waals surface area contributed by atoms with Gasteiger partial charge in [0.2, 0.25) is 5.91 Å². The number of benzene rings is 2. The third-order valence-electron chi connectivity index (χ3n) is 3.59. The highest BCUT2D eigenvalue weighted by molar-refractivity contribution is 6.30. The predicted octanol–water partition coefficient (Wildman–Crippen LogP) is 3.77. The number of amides is 1. The van der Waals surface area contributed by atoms with Gasteiger partial charge in [-0.25, -0.2) is 4.39 Å². The first-order valence-corrected chi connectivity index (χ1v) is 6.79. The molecule has 3 nitrogen and oxygen atoms in total. The van der Waals surface area contributed by atoms with Gasteiger partial charge in [-0.05, 0) is 48.9 Å². The number of carbonyl (C=O) groups excluding carboxylic acids is 2. The van der Waals surface area contributed by atoms with Crippen molar-refractivity contribution in [1.29, 1.82) is 0 Å². The summed E-state index contributed by atoms with van der Waals surface area (Å²) in [5, 5.41) is 3.16. The largest absolute Gasteiger partial charge is 0.325 e. The number of fused-ring (bicyclic) bond motifs is 1. The summed E-state index contributed by atoms with van der Waals surface area (Å²) in [6.45, 7) is 1.68. The SMILES string of the molecule is CC1C(=O)Nc2c(C(=O)c3ccc(Cl)cc3)cc(F)cc21. The van der Waals surface area contributed by atoms with E-state index in [-0.39, 0.29) is 17.3 Å². The Morgan fingerprint density at radius 1 is 1.24 bits per heavy atom. The second kappa shape index (κ2) is 4.97. The quantitative estimate of drug-likeness (QED) is 0.859. The van der Waals surface area contributed by atoms with E-state index in [4.69, 9.17) is 11.6 Å². The van der Waals surface area contributed by atoms with Gasteiger partial charge in [0, 0.05) is 16.1 Å². The van der Waals surface area contributed by atoms with Gasteiger partial charge in [-0.15, -0.1) is 0 Å². The number of halogens is 2. The van der Waals surface area contributed by atoms with E-state index < -0.39 is 11.7 Å². The Morgan fingerprint density at radius 3 is 2.57 bits per heavy atom. The van der Waals surface area contributed by atoms with Gasteiger partial charge in [0.15, 0.2) is 5.78 Å². The van der Waals surface area contributed by atoms with Crippen molar-refractivity contribution in [3.8, 4) is 0 Å². The first-order valence-electron chi connectivity index (χ1n) is 6.42. The average molecular weight is 304 g/mol. The molecule has 21 heavy (non-hydrogen) atoms. The van der Waals surface area contributed by atoms with Crippen LogP contribution in [0.4, 0.5) is 10.1 Å². The second-order valence-corrected chi connectivity index (χ2v) is 5.40. The molecule has 5 heteroatoms. The Balaban J connectivity index is 2.11. The molecule has 0 saturated carbocycles. The maximum absolute atomic E-state index is 13.8. The highest BCUT2D eigenvalue weighted by atomic mass is 35.5. The van der Waals surface area contributed by atoms with Crippen LogP contribution in [0.1, 0.15) is 34.3 Å². The summed E-state index contributed by atoms with van der Waals surface area (Å²) >= 11 is 5.79. The molecule has 3 rings (SSSR count). The molecule has 1 atom stereocenters. The van der Waals surface area contributed by atoms with Crippen molar-refractivity contribution >= 4 is 29.0 Å². The van der Waals surface area contributed by atoms with Gasteiger partial charge in [-0.2, -0.15) is 0 Å². The summed E-state index contributed by atoms with van der Waals surface area (Å²) in [5.74, 6) is -1.58. The molecule has 0 saturated heterocycles. The molecule has 106 valence electrons. The van der Waals surface area contributed by atoms with Crippen LogP contribution in [0.3, 0.4) is 0 Å². The fraction of sp³-hybridized carbons (Fsp3) is 0.125. The van der Waals surface area contributed by atoms with Gasteiger partial charge in [-0.3, -0.25) is 9.59 Å². The van der Waals surface area contributed by atoms with Crippen molar-refractivity contribution in [2.45, 2.75) is 12.8 Å². The minimum atomic E-state index is -0.533. The normalized spacial score (nSPS) is 16.5. The molecule has 0 aromatic heterocycles. The highest BCUT2D eigenvalue weighted by Gasteiger charge is 2.31. The van der Waals surface area contributed by atoms with Crippen LogP contribution in [0.5, 0.6) is 0 Å². The van der Waals surface area contributed by atoms with Crippen LogP contribution in [0.25, 0.3) is 0 Å². The molecule has 0 spiro atoms. The van der Waals surface area contributed by atoms with Crippen molar-refractivity contribution in [3.05, 3.63) is 63.9 Å². The smallest absolute Gasteiger partial charge is 0.231 e. The van der Waals surface area contributed by atoms with E-state index in [0.29, 0.717) is 21.8 Å². The van der Waals surface area contributed by atoms with Gasteiger partial charge in [0.1, 0.15) is 5.82 Å². The molecule has 1 aliphatic heterocycles. The van der Waals surface area contributed by atoms with Gasteiger partial charge in [0.25, 0.3) is 0 Å². The van der Waals surface area contributed by atoms with E-state index >= 15 is 0 Å². The third-order valence-corrected chi connectivity index (χ3v) is 3.84. The lowest BCUT2D eigenvalue weighted by molar-refractivity contribution is -0.116. The lowest BCUT2D eigenvalue weighted by Crippen LogP contribution is -2.10. The number of nitrogens with one attached hydrogen (secondary N) is 1. The molecule has 1 N–H and O–H groups in total. The minimum Gasteiger partial charge on any atom is -0.325 e. The molecule has 0 aliphatic carbocycles. The van der Waals surface area contributed by atoms with E-state index in [9.17, 15) is 14.0 Å². The topological polar surface area (TPSA) is 46.2 Å². The zero-order chi connectivity index (χ0) is 15.1. The Hall–Kier alpha value is -2.20. The lowest BCUT2D eigenvalue weighted by atomic mass is 9.96. The maximum Gasteiger partial charge on any atom is 0.231 e. The van der Waals surface area contributed by atoms with E-state index in [0.717, 1.165) is 6.07 Å². The molecule has 0 fully saturated rings. The van der Waals surface area contributed by atoms with Crippen molar-refractivity contribution in [2.24, 2.45) is 0 Å². The Kier molecular flexibility index (Phi) is 3.26. The molecular weight excluding hydrogens is 293 g/mol. The molecule has 1 amide bonds. The standard InChI is InChI=1S/C16H11ClFNO2/c1-8-12-6-11(18)7-13(14(12)19-16(8)21)15(20)9-2-4-10(17)5-3-9/h2-8H,1H3,(H,19,21). The maximum atomic E-state index is 13.8. The van der Waals surface area contributed by atoms with Crippen LogP contribution in [0.15, 0.2) is 36.4 Å². The summed E-state index contributed by atoms with van der Waals surface area (Å²) in [6.07, 6.45) is 0. The summed E-state index contributed by atoms with van der Waals surface area (Å²) < 4.78 is 13.8. The number of rotatable bonds is 2. The van der Waals surface area contributed by atoms with Crippen LogP contribution < -0.4 is 5.32 Å². The van der Waals surface area contributed by atoms with Crippen LogP contribution >= 0.6 is 11.6 Å². The van der Waals surface area contributed by atoms with E-state index in [1.54, 1.807) is 31.2 Å². The molecular formula is C16H11ClFNO2. The minimum absolute atomic E-state index is 0.157. The van der Waals surface area contributed by atoms with Gasteiger partial charge in [0.05, 0.1) is 11.6 Å². The highest BCUT2D eigenvalue weighted by Crippen LogP contribution is 2.36. The van der Waals surface area contributed by atoms with E-state index in [2.05, 4.69) is 5.32 Å². The summed E-state index contributed by atoms with van der Waals surface area (Å²) in [4.78, 5) is 24.3. The monoisotopic (exact) mass is 303 g/mol. The predicted molar refractivity (Wildman–Crippen MR) is 78.3 cm³/mol. The van der Waals surface area contributed by atoms with Crippen molar-refractivity contribution in [3.63, 3.8) is 0 Å². The molecule has 1 aliphatic rings. The molecule has 0 bridgehead atoms.